The number of ether oxygens (including phenoxy) is 1. The molecular formula is C19H16N2O4. The molecule has 0 saturated carbocycles. The van der Waals surface area contributed by atoms with Gasteiger partial charge in [-0.1, -0.05) is 18.2 Å². The maximum Gasteiger partial charge on any atom is 0.338 e. The van der Waals surface area contributed by atoms with Crippen molar-refractivity contribution in [3.8, 4) is 0 Å². The summed E-state index contributed by atoms with van der Waals surface area (Å²) in [6, 6.07) is 9.59. The molecule has 0 fully saturated rings. The van der Waals surface area contributed by atoms with Gasteiger partial charge < -0.3 is 10.5 Å². The van der Waals surface area contributed by atoms with Gasteiger partial charge in [0.2, 0.25) is 0 Å². The number of cyclic esters (lactones) is 1. The van der Waals surface area contributed by atoms with Gasteiger partial charge in [0.1, 0.15) is 6.61 Å². The number of benzene rings is 2. The molecule has 0 aliphatic carbocycles. The van der Waals surface area contributed by atoms with E-state index in [0.717, 1.165) is 16.7 Å². The summed E-state index contributed by atoms with van der Waals surface area (Å²) in [4.78, 5) is 38.4. The Morgan fingerprint density at radius 1 is 1.04 bits per heavy atom. The first-order valence-electron chi connectivity index (χ1n) is 8.01. The van der Waals surface area contributed by atoms with Gasteiger partial charge in [-0.3, -0.25) is 14.5 Å². The highest BCUT2D eigenvalue weighted by Crippen LogP contribution is 2.35. The minimum absolute atomic E-state index is 0.0971. The lowest BCUT2D eigenvalue weighted by atomic mass is 9.93. The van der Waals surface area contributed by atoms with E-state index < -0.39 is 6.04 Å². The predicted molar refractivity (Wildman–Crippen MR) is 89.0 cm³/mol. The minimum atomic E-state index is -0.589. The van der Waals surface area contributed by atoms with Crippen molar-refractivity contribution in [2.24, 2.45) is 5.73 Å². The van der Waals surface area contributed by atoms with Crippen LogP contribution in [0.15, 0.2) is 36.4 Å². The summed E-state index contributed by atoms with van der Waals surface area (Å²) < 4.78 is 5.07. The Labute approximate surface area is 144 Å². The van der Waals surface area contributed by atoms with Gasteiger partial charge in [-0.05, 0) is 36.2 Å². The van der Waals surface area contributed by atoms with Crippen molar-refractivity contribution in [3.05, 3.63) is 69.8 Å². The zero-order valence-electron chi connectivity index (χ0n) is 13.6. The molecule has 2 aliphatic heterocycles. The summed E-state index contributed by atoms with van der Waals surface area (Å²) in [6.45, 7) is 2.16. The largest absolute Gasteiger partial charge is 0.457 e. The third kappa shape index (κ3) is 2.11. The quantitative estimate of drug-likeness (QED) is 0.683. The van der Waals surface area contributed by atoms with Crippen LogP contribution >= 0.6 is 0 Å². The molecular weight excluding hydrogens is 320 g/mol. The van der Waals surface area contributed by atoms with Crippen molar-refractivity contribution in [1.82, 2.24) is 4.90 Å². The Hall–Kier alpha value is -2.99. The van der Waals surface area contributed by atoms with Gasteiger partial charge in [0.15, 0.2) is 0 Å². The molecule has 1 atom stereocenters. The van der Waals surface area contributed by atoms with Crippen LogP contribution in [0.4, 0.5) is 0 Å². The van der Waals surface area contributed by atoms with Crippen molar-refractivity contribution in [3.63, 3.8) is 0 Å². The molecule has 25 heavy (non-hydrogen) atoms. The number of carbonyl (C=O) groups is 3. The number of fused-ring (bicyclic) bond motifs is 2. The zero-order chi connectivity index (χ0) is 17.7. The Balaban J connectivity index is 1.79. The molecule has 0 aromatic heterocycles. The van der Waals surface area contributed by atoms with Crippen molar-refractivity contribution in [2.45, 2.75) is 19.6 Å². The van der Waals surface area contributed by atoms with E-state index in [-0.39, 0.29) is 30.9 Å². The number of hydrogen-bond donors (Lipinski definition) is 1. The second-order valence-corrected chi connectivity index (χ2v) is 6.16. The van der Waals surface area contributed by atoms with Crippen molar-refractivity contribution in [2.75, 3.05) is 6.54 Å². The first kappa shape index (κ1) is 15.5. The van der Waals surface area contributed by atoms with E-state index in [1.807, 2.05) is 6.92 Å². The van der Waals surface area contributed by atoms with E-state index in [9.17, 15) is 14.4 Å². The summed E-state index contributed by atoms with van der Waals surface area (Å²) in [6.07, 6.45) is 0. The van der Waals surface area contributed by atoms with Crippen molar-refractivity contribution in [1.29, 1.82) is 0 Å². The number of rotatable bonds is 3. The fourth-order valence-corrected chi connectivity index (χ4v) is 3.59. The Bertz CT molecular complexity index is 900. The first-order valence-corrected chi connectivity index (χ1v) is 8.01. The maximum atomic E-state index is 12.7. The van der Waals surface area contributed by atoms with Gasteiger partial charge in [-0.25, -0.2) is 4.79 Å². The van der Waals surface area contributed by atoms with Crippen LogP contribution in [-0.2, 0) is 11.3 Å². The normalized spacial score (nSPS) is 16.7. The second-order valence-electron chi connectivity index (χ2n) is 6.16. The van der Waals surface area contributed by atoms with Crippen LogP contribution in [0.25, 0.3) is 0 Å². The van der Waals surface area contributed by atoms with Crippen LogP contribution < -0.4 is 5.73 Å². The highest BCUT2D eigenvalue weighted by molar-refractivity contribution is 6.21. The summed E-state index contributed by atoms with van der Waals surface area (Å²) >= 11 is 0. The molecule has 0 radical (unpaired) electrons. The van der Waals surface area contributed by atoms with E-state index in [1.54, 1.807) is 36.4 Å². The van der Waals surface area contributed by atoms with Gasteiger partial charge in [0, 0.05) is 12.1 Å². The van der Waals surface area contributed by atoms with Gasteiger partial charge in [0.25, 0.3) is 11.8 Å². The number of hydrogen-bond acceptors (Lipinski definition) is 5. The molecule has 0 spiro atoms. The average Bonchev–Trinajstić information content (AvgIpc) is 3.12. The van der Waals surface area contributed by atoms with Gasteiger partial charge in [-0.15, -0.1) is 0 Å². The monoisotopic (exact) mass is 336 g/mol. The lowest BCUT2D eigenvalue weighted by Crippen LogP contribution is -2.38. The van der Waals surface area contributed by atoms with E-state index in [0.29, 0.717) is 16.7 Å². The van der Waals surface area contributed by atoms with Gasteiger partial charge in [0.05, 0.1) is 22.7 Å². The topological polar surface area (TPSA) is 89.7 Å². The lowest BCUT2D eigenvalue weighted by molar-refractivity contribution is 0.0533. The number of esters is 1. The molecule has 6 nitrogen and oxygen atoms in total. The summed E-state index contributed by atoms with van der Waals surface area (Å²) in [7, 11) is 0. The average molecular weight is 336 g/mol. The first-order chi connectivity index (χ1) is 12.0. The van der Waals surface area contributed by atoms with Crippen LogP contribution in [0.1, 0.15) is 53.8 Å². The molecule has 2 aromatic rings. The highest BCUT2D eigenvalue weighted by Gasteiger charge is 2.40. The number of nitrogens with zero attached hydrogens (tertiary/aromatic N) is 1. The lowest BCUT2D eigenvalue weighted by Gasteiger charge is -2.27. The summed E-state index contributed by atoms with van der Waals surface area (Å²) in [5.74, 6) is -1.04. The Morgan fingerprint density at radius 3 is 2.28 bits per heavy atom. The molecule has 4 rings (SSSR count). The summed E-state index contributed by atoms with van der Waals surface area (Å²) in [5.41, 5.74) is 9.63. The fraction of sp³-hybridized carbons (Fsp3) is 0.211. The van der Waals surface area contributed by atoms with E-state index in [2.05, 4.69) is 0 Å². The highest BCUT2D eigenvalue weighted by atomic mass is 16.5. The number of nitrogens with two attached hydrogens (primary N) is 1. The van der Waals surface area contributed by atoms with Crippen LogP contribution in [0.5, 0.6) is 0 Å². The van der Waals surface area contributed by atoms with E-state index in [1.165, 1.54) is 4.90 Å². The smallest absolute Gasteiger partial charge is 0.338 e. The minimum Gasteiger partial charge on any atom is -0.457 e. The Morgan fingerprint density at radius 2 is 1.68 bits per heavy atom. The molecule has 2 N–H and O–H groups in total. The standard InChI is InChI=1S/C19H16N2O4/c1-10-11(6-7-14-15(10)9-25-19(14)24)16(8-20)21-17(22)12-4-2-3-5-13(12)18(21)23/h2-7,16H,8-9,20H2,1H3/t16-/m0/s1. The second kappa shape index (κ2) is 5.53. The third-order valence-corrected chi connectivity index (χ3v) is 4.93. The Kier molecular flexibility index (Phi) is 3.43. The number of imide groups is 1. The van der Waals surface area contributed by atoms with Crippen molar-refractivity contribution >= 4 is 17.8 Å². The van der Waals surface area contributed by atoms with E-state index in [4.69, 9.17) is 10.5 Å². The zero-order valence-corrected chi connectivity index (χ0v) is 13.6. The van der Waals surface area contributed by atoms with Crippen LogP contribution in [0.2, 0.25) is 0 Å². The fourth-order valence-electron chi connectivity index (χ4n) is 3.59. The molecule has 2 aliphatic rings. The van der Waals surface area contributed by atoms with Gasteiger partial charge in [-0.2, -0.15) is 0 Å². The number of amides is 2. The predicted octanol–water partition coefficient (Wildman–Crippen LogP) is 1.96. The number of carbonyl (C=O) groups excluding carboxylic acids is 3. The molecule has 0 unspecified atom stereocenters. The molecule has 0 bridgehead atoms. The van der Waals surface area contributed by atoms with Crippen LogP contribution in [-0.4, -0.2) is 29.2 Å². The van der Waals surface area contributed by atoms with Crippen LogP contribution in [0.3, 0.4) is 0 Å². The molecule has 2 heterocycles. The molecule has 6 heteroatoms. The molecule has 126 valence electrons. The van der Waals surface area contributed by atoms with Gasteiger partial charge >= 0.3 is 5.97 Å². The van der Waals surface area contributed by atoms with E-state index >= 15 is 0 Å². The summed E-state index contributed by atoms with van der Waals surface area (Å²) in [5, 5.41) is 0. The SMILES string of the molecule is Cc1c([C@H](CN)N2C(=O)c3ccccc3C2=O)ccc2c1COC2=O. The molecule has 2 amide bonds. The molecule has 2 aromatic carbocycles. The third-order valence-electron chi connectivity index (χ3n) is 4.93. The maximum absolute atomic E-state index is 12.7. The van der Waals surface area contributed by atoms with Crippen molar-refractivity contribution < 1.29 is 19.1 Å². The van der Waals surface area contributed by atoms with Crippen LogP contribution in [0, 0.1) is 6.92 Å². The molecule has 0 saturated heterocycles.